The van der Waals surface area contributed by atoms with Gasteiger partial charge in [0.05, 0.1) is 5.41 Å². The number of hydrogen-bond donors (Lipinski definition) is 3. The number of amides is 1. The van der Waals surface area contributed by atoms with E-state index in [1.807, 2.05) is 0 Å². The standard InChI is InChI=1S/C9H16N2O3/c1-9(2,8(14)10-3)6-11-5-4-7(12)13/h4-5,11H,6H2,1-3H3,(H,10,14)(H,12,13)/b5-4+. The van der Waals surface area contributed by atoms with Gasteiger partial charge in [-0.3, -0.25) is 4.79 Å². The highest BCUT2D eigenvalue weighted by Gasteiger charge is 2.25. The van der Waals surface area contributed by atoms with Crippen LogP contribution in [0.25, 0.3) is 0 Å². The van der Waals surface area contributed by atoms with Crippen LogP contribution in [0.2, 0.25) is 0 Å². The molecular formula is C9H16N2O3. The number of carboxylic acid groups (broad SMARTS) is 1. The van der Waals surface area contributed by atoms with Crippen LogP contribution in [0.4, 0.5) is 0 Å². The van der Waals surface area contributed by atoms with Gasteiger partial charge in [-0.25, -0.2) is 4.79 Å². The van der Waals surface area contributed by atoms with Crippen molar-refractivity contribution < 1.29 is 14.7 Å². The predicted octanol–water partition coefficient (Wildman–Crippen LogP) is -0.0535. The topological polar surface area (TPSA) is 78.4 Å². The van der Waals surface area contributed by atoms with Crippen LogP contribution in [0.1, 0.15) is 13.8 Å². The van der Waals surface area contributed by atoms with Crippen molar-refractivity contribution in [3.05, 3.63) is 12.3 Å². The molecule has 0 aliphatic rings. The van der Waals surface area contributed by atoms with Crippen LogP contribution in [-0.4, -0.2) is 30.6 Å². The van der Waals surface area contributed by atoms with E-state index in [2.05, 4.69) is 10.6 Å². The minimum Gasteiger partial charge on any atom is -0.478 e. The summed E-state index contributed by atoms with van der Waals surface area (Å²) in [5.41, 5.74) is -0.558. The largest absolute Gasteiger partial charge is 0.478 e. The number of nitrogens with one attached hydrogen (secondary N) is 2. The van der Waals surface area contributed by atoms with Crippen LogP contribution in [0.5, 0.6) is 0 Å². The van der Waals surface area contributed by atoms with Gasteiger partial charge in [-0.05, 0) is 13.8 Å². The van der Waals surface area contributed by atoms with E-state index in [1.54, 1.807) is 20.9 Å². The van der Waals surface area contributed by atoms with Gasteiger partial charge in [0, 0.05) is 25.9 Å². The van der Waals surface area contributed by atoms with Gasteiger partial charge in [-0.2, -0.15) is 0 Å². The molecule has 0 aliphatic carbocycles. The predicted molar refractivity (Wildman–Crippen MR) is 52.6 cm³/mol. The number of carboxylic acids is 1. The maximum absolute atomic E-state index is 11.3. The Bertz CT molecular complexity index is 246. The first kappa shape index (κ1) is 12.5. The van der Waals surface area contributed by atoms with Crippen LogP contribution in [0.15, 0.2) is 12.3 Å². The van der Waals surface area contributed by atoms with Crippen LogP contribution < -0.4 is 10.6 Å². The molecule has 0 unspecified atom stereocenters. The van der Waals surface area contributed by atoms with Crippen molar-refractivity contribution in [2.75, 3.05) is 13.6 Å². The van der Waals surface area contributed by atoms with E-state index in [1.165, 1.54) is 6.20 Å². The lowest BCUT2D eigenvalue weighted by Crippen LogP contribution is -2.40. The number of hydrogen-bond acceptors (Lipinski definition) is 3. The van der Waals surface area contributed by atoms with Gasteiger partial charge in [-0.1, -0.05) is 0 Å². The van der Waals surface area contributed by atoms with Crippen molar-refractivity contribution in [2.24, 2.45) is 5.41 Å². The lowest BCUT2D eigenvalue weighted by atomic mass is 9.92. The third kappa shape index (κ3) is 4.49. The van der Waals surface area contributed by atoms with Gasteiger partial charge in [0.15, 0.2) is 0 Å². The van der Waals surface area contributed by atoms with Crippen molar-refractivity contribution in [3.63, 3.8) is 0 Å². The van der Waals surface area contributed by atoms with Gasteiger partial charge in [0.1, 0.15) is 0 Å². The lowest BCUT2D eigenvalue weighted by molar-refractivity contribution is -0.131. The fraction of sp³-hybridized carbons (Fsp3) is 0.556. The average molecular weight is 200 g/mol. The molecule has 0 fully saturated rings. The molecule has 0 heterocycles. The molecule has 0 aliphatic heterocycles. The first-order chi connectivity index (χ1) is 6.40. The molecular weight excluding hydrogens is 184 g/mol. The zero-order chi connectivity index (χ0) is 11.2. The van der Waals surface area contributed by atoms with E-state index in [-0.39, 0.29) is 5.91 Å². The normalized spacial score (nSPS) is 11.4. The summed E-state index contributed by atoms with van der Waals surface area (Å²) in [6.07, 6.45) is 2.30. The Kier molecular flexibility index (Phi) is 4.69. The van der Waals surface area contributed by atoms with E-state index >= 15 is 0 Å². The highest BCUT2D eigenvalue weighted by atomic mass is 16.4. The molecule has 0 radical (unpaired) electrons. The van der Waals surface area contributed by atoms with Crippen molar-refractivity contribution in [2.45, 2.75) is 13.8 Å². The Morgan fingerprint density at radius 3 is 2.43 bits per heavy atom. The Labute approximate surface area is 83.2 Å². The molecule has 0 aromatic rings. The van der Waals surface area contributed by atoms with Crippen LogP contribution in [-0.2, 0) is 9.59 Å². The van der Waals surface area contributed by atoms with E-state index in [9.17, 15) is 9.59 Å². The molecule has 0 aromatic heterocycles. The molecule has 80 valence electrons. The second-order valence-corrected chi connectivity index (χ2v) is 3.52. The maximum atomic E-state index is 11.3. The Hall–Kier alpha value is -1.52. The fourth-order valence-corrected chi connectivity index (χ4v) is 0.863. The first-order valence-electron chi connectivity index (χ1n) is 4.25. The second-order valence-electron chi connectivity index (χ2n) is 3.52. The summed E-state index contributed by atoms with van der Waals surface area (Å²) in [6, 6.07) is 0. The van der Waals surface area contributed by atoms with Gasteiger partial charge in [0.2, 0.25) is 5.91 Å². The molecule has 0 saturated carbocycles. The Morgan fingerprint density at radius 2 is 2.00 bits per heavy atom. The van der Waals surface area contributed by atoms with Crippen molar-refractivity contribution in [1.29, 1.82) is 0 Å². The van der Waals surface area contributed by atoms with E-state index in [0.717, 1.165) is 6.08 Å². The van der Waals surface area contributed by atoms with E-state index < -0.39 is 11.4 Å². The summed E-state index contributed by atoms with van der Waals surface area (Å²) in [5, 5.41) is 13.6. The van der Waals surface area contributed by atoms with Crippen LogP contribution >= 0.6 is 0 Å². The third-order valence-corrected chi connectivity index (χ3v) is 1.73. The summed E-state index contributed by atoms with van der Waals surface area (Å²) in [4.78, 5) is 21.4. The molecule has 0 spiro atoms. The minimum atomic E-state index is -1.02. The number of carbonyl (C=O) groups is 2. The third-order valence-electron chi connectivity index (χ3n) is 1.73. The van der Waals surface area contributed by atoms with Crippen molar-refractivity contribution in [3.8, 4) is 0 Å². The van der Waals surface area contributed by atoms with E-state index in [0.29, 0.717) is 6.54 Å². The van der Waals surface area contributed by atoms with Crippen LogP contribution in [0, 0.1) is 5.41 Å². The molecule has 0 saturated heterocycles. The highest BCUT2D eigenvalue weighted by Crippen LogP contribution is 2.12. The molecule has 3 N–H and O–H groups in total. The monoisotopic (exact) mass is 200 g/mol. The number of carbonyl (C=O) groups excluding carboxylic acids is 1. The Balaban J connectivity index is 4.00. The lowest BCUT2D eigenvalue weighted by Gasteiger charge is -2.22. The molecule has 0 atom stereocenters. The highest BCUT2D eigenvalue weighted by molar-refractivity contribution is 5.82. The SMILES string of the molecule is CNC(=O)C(C)(C)CN/C=C/C(=O)O. The van der Waals surface area contributed by atoms with Crippen LogP contribution in [0.3, 0.4) is 0 Å². The average Bonchev–Trinajstić information content (AvgIpc) is 2.10. The van der Waals surface area contributed by atoms with Crippen molar-refractivity contribution in [1.82, 2.24) is 10.6 Å². The summed E-state index contributed by atoms with van der Waals surface area (Å²) in [6.45, 7) is 3.93. The molecule has 5 nitrogen and oxygen atoms in total. The first-order valence-corrected chi connectivity index (χ1v) is 4.25. The van der Waals surface area contributed by atoms with Gasteiger partial charge in [-0.15, -0.1) is 0 Å². The summed E-state index contributed by atoms with van der Waals surface area (Å²) >= 11 is 0. The Morgan fingerprint density at radius 1 is 1.43 bits per heavy atom. The zero-order valence-electron chi connectivity index (χ0n) is 8.63. The fourth-order valence-electron chi connectivity index (χ4n) is 0.863. The van der Waals surface area contributed by atoms with Crippen molar-refractivity contribution >= 4 is 11.9 Å². The molecule has 14 heavy (non-hydrogen) atoms. The van der Waals surface area contributed by atoms with Gasteiger partial charge < -0.3 is 15.7 Å². The molecule has 1 amide bonds. The van der Waals surface area contributed by atoms with Gasteiger partial charge >= 0.3 is 5.97 Å². The molecule has 0 rings (SSSR count). The van der Waals surface area contributed by atoms with E-state index in [4.69, 9.17) is 5.11 Å². The summed E-state index contributed by atoms with van der Waals surface area (Å²) in [7, 11) is 1.57. The molecule has 0 aromatic carbocycles. The molecule has 0 bridgehead atoms. The van der Waals surface area contributed by atoms with Gasteiger partial charge in [0.25, 0.3) is 0 Å². The minimum absolute atomic E-state index is 0.0891. The maximum Gasteiger partial charge on any atom is 0.329 e. The summed E-state index contributed by atoms with van der Waals surface area (Å²) in [5.74, 6) is -1.11. The zero-order valence-corrected chi connectivity index (χ0v) is 8.63. The summed E-state index contributed by atoms with van der Waals surface area (Å²) < 4.78 is 0. The second kappa shape index (κ2) is 5.26. The quantitative estimate of drug-likeness (QED) is 0.543. The smallest absolute Gasteiger partial charge is 0.329 e. The number of aliphatic carboxylic acids is 1. The number of rotatable bonds is 5. The molecule has 5 heteroatoms.